The molecular formula is C12H14BrFO2. The third kappa shape index (κ3) is 2.61. The maximum Gasteiger partial charge on any atom is 0.304 e. The highest BCUT2D eigenvalue weighted by molar-refractivity contribution is 9.10. The van der Waals surface area contributed by atoms with Gasteiger partial charge in [0.2, 0.25) is 0 Å². The van der Waals surface area contributed by atoms with Crippen LogP contribution in [0.2, 0.25) is 0 Å². The first-order chi connectivity index (χ1) is 7.25. The Morgan fingerprint density at radius 2 is 2.06 bits per heavy atom. The number of rotatable bonds is 3. The lowest BCUT2D eigenvalue weighted by atomic mass is 9.80. The number of benzene rings is 1. The first kappa shape index (κ1) is 13.2. The summed E-state index contributed by atoms with van der Waals surface area (Å²) in [5.74, 6) is -1.27. The molecule has 0 aliphatic carbocycles. The van der Waals surface area contributed by atoms with Crippen LogP contribution >= 0.6 is 15.9 Å². The molecule has 0 atom stereocenters. The lowest BCUT2D eigenvalue weighted by Gasteiger charge is -2.25. The average Bonchev–Trinajstić information content (AvgIpc) is 2.09. The van der Waals surface area contributed by atoms with Crippen LogP contribution in [0.1, 0.15) is 31.4 Å². The van der Waals surface area contributed by atoms with Gasteiger partial charge >= 0.3 is 5.97 Å². The van der Waals surface area contributed by atoms with Crippen molar-refractivity contribution in [3.63, 3.8) is 0 Å². The molecule has 0 fully saturated rings. The molecule has 2 nitrogen and oxygen atoms in total. The number of hydrogen-bond acceptors (Lipinski definition) is 1. The Morgan fingerprint density at radius 1 is 1.50 bits per heavy atom. The molecule has 0 spiro atoms. The zero-order chi connectivity index (χ0) is 12.5. The van der Waals surface area contributed by atoms with Gasteiger partial charge in [0.1, 0.15) is 5.82 Å². The molecule has 1 rings (SSSR count). The number of aliphatic carboxylic acids is 1. The van der Waals surface area contributed by atoms with Crippen LogP contribution in [0.4, 0.5) is 4.39 Å². The van der Waals surface area contributed by atoms with Gasteiger partial charge in [0.15, 0.2) is 0 Å². The van der Waals surface area contributed by atoms with E-state index < -0.39 is 11.4 Å². The van der Waals surface area contributed by atoms with Crippen molar-refractivity contribution in [2.75, 3.05) is 0 Å². The Labute approximate surface area is 103 Å². The molecule has 0 aromatic heterocycles. The molecular weight excluding hydrogens is 275 g/mol. The van der Waals surface area contributed by atoms with Crippen molar-refractivity contribution in [2.45, 2.75) is 32.6 Å². The van der Waals surface area contributed by atoms with E-state index in [1.807, 2.05) is 0 Å². The lowest BCUT2D eigenvalue weighted by molar-refractivity contribution is -0.138. The summed E-state index contributed by atoms with van der Waals surface area (Å²) in [7, 11) is 0. The molecule has 1 aromatic rings. The summed E-state index contributed by atoms with van der Waals surface area (Å²) in [6.07, 6.45) is -0.105. The Morgan fingerprint density at radius 3 is 2.56 bits per heavy atom. The summed E-state index contributed by atoms with van der Waals surface area (Å²) in [6, 6.07) is 3.41. The van der Waals surface area contributed by atoms with E-state index in [2.05, 4.69) is 15.9 Å². The van der Waals surface area contributed by atoms with Gasteiger partial charge in [-0.15, -0.1) is 0 Å². The molecule has 0 heterocycles. The second-order valence-electron chi connectivity index (χ2n) is 4.51. The van der Waals surface area contributed by atoms with Crippen LogP contribution in [0.15, 0.2) is 16.6 Å². The van der Waals surface area contributed by atoms with Crippen LogP contribution in [0.3, 0.4) is 0 Å². The predicted molar refractivity (Wildman–Crippen MR) is 64.1 cm³/mol. The monoisotopic (exact) mass is 288 g/mol. The largest absolute Gasteiger partial charge is 0.481 e. The van der Waals surface area contributed by atoms with Crippen molar-refractivity contribution in [3.05, 3.63) is 33.5 Å². The highest BCUT2D eigenvalue weighted by Gasteiger charge is 2.30. The van der Waals surface area contributed by atoms with Gasteiger partial charge < -0.3 is 5.11 Å². The Hall–Kier alpha value is -0.900. The molecule has 0 aliphatic rings. The fourth-order valence-electron chi connectivity index (χ4n) is 1.74. The van der Waals surface area contributed by atoms with Crippen LogP contribution in [0.25, 0.3) is 0 Å². The van der Waals surface area contributed by atoms with Crippen molar-refractivity contribution in [3.8, 4) is 0 Å². The van der Waals surface area contributed by atoms with Gasteiger partial charge in [-0.25, -0.2) is 4.39 Å². The van der Waals surface area contributed by atoms with Crippen LogP contribution in [-0.2, 0) is 10.2 Å². The van der Waals surface area contributed by atoms with Crippen LogP contribution in [0.5, 0.6) is 0 Å². The fraction of sp³-hybridized carbons (Fsp3) is 0.417. The van der Waals surface area contributed by atoms with Gasteiger partial charge in [-0.05, 0) is 18.6 Å². The van der Waals surface area contributed by atoms with Gasteiger partial charge in [-0.1, -0.05) is 35.8 Å². The van der Waals surface area contributed by atoms with Crippen molar-refractivity contribution in [1.82, 2.24) is 0 Å². The van der Waals surface area contributed by atoms with Gasteiger partial charge in [0.05, 0.1) is 6.42 Å². The second-order valence-corrected chi connectivity index (χ2v) is 5.36. The van der Waals surface area contributed by atoms with E-state index in [0.29, 0.717) is 15.6 Å². The summed E-state index contributed by atoms with van der Waals surface area (Å²) in [5.41, 5.74) is 0.215. The van der Waals surface area contributed by atoms with Crippen LogP contribution in [0, 0.1) is 12.7 Å². The van der Waals surface area contributed by atoms with Crippen LogP contribution < -0.4 is 0 Å². The summed E-state index contributed by atoms with van der Waals surface area (Å²) < 4.78 is 14.6. The molecule has 0 unspecified atom stereocenters. The molecule has 0 saturated carbocycles. The van der Waals surface area contributed by atoms with E-state index in [1.54, 1.807) is 32.9 Å². The number of carboxylic acid groups (broad SMARTS) is 1. The molecule has 1 N–H and O–H groups in total. The molecule has 0 amide bonds. The minimum atomic E-state index is -0.933. The van der Waals surface area contributed by atoms with Gasteiger partial charge in [-0.2, -0.15) is 0 Å². The normalized spacial score (nSPS) is 11.6. The quantitative estimate of drug-likeness (QED) is 0.922. The lowest BCUT2D eigenvalue weighted by Crippen LogP contribution is -2.24. The van der Waals surface area contributed by atoms with Gasteiger partial charge in [0.25, 0.3) is 0 Å². The SMILES string of the molecule is Cc1ccc(Br)c(C(C)(C)CC(=O)O)c1F. The number of halogens is 2. The first-order valence-electron chi connectivity index (χ1n) is 4.92. The predicted octanol–water partition coefficient (Wildman–Crippen LogP) is 3.65. The zero-order valence-electron chi connectivity index (χ0n) is 9.47. The molecule has 16 heavy (non-hydrogen) atoms. The Kier molecular flexibility index (Phi) is 3.73. The first-order valence-corrected chi connectivity index (χ1v) is 5.72. The van der Waals surface area contributed by atoms with E-state index in [1.165, 1.54) is 0 Å². The third-order valence-corrected chi connectivity index (χ3v) is 3.21. The second kappa shape index (κ2) is 4.53. The average molecular weight is 289 g/mol. The Bertz CT molecular complexity index is 427. The molecule has 0 radical (unpaired) electrons. The van der Waals surface area contributed by atoms with Crippen molar-refractivity contribution < 1.29 is 14.3 Å². The highest BCUT2D eigenvalue weighted by Crippen LogP contribution is 2.36. The minimum absolute atomic E-state index is 0.105. The molecule has 0 saturated heterocycles. The topological polar surface area (TPSA) is 37.3 Å². The van der Waals surface area contributed by atoms with Crippen LogP contribution in [-0.4, -0.2) is 11.1 Å². The smallest absolute Gasteiger partial charge is 0.304 e. The molecule has 1 aromatic carbocycles. The summed E-state index contributed by atoms with van der Waals surface area (Å²) in [5, 5.41) is 8.82. The van der Waals surface area contributed by atoms with Gasteiger partial charge in [0, 0.05) is 15.5 Å². The Balaban J connectivity index is 3.31. The van der Waals surface area contributed by atoms with E-state index in [9.17, 15) is 9.18 Å². The number of carboxylic acids is 1. The van der Waals surface area contributed by atoms with E-state index in [4.69, 9.17) is 5.11 Å². The standard InChI is InChI=1S/C12H14BrFO2/c1-7-4-5-8(13)10(11(7)14)12(2,3)6-9(15)16/h4-5H,6H2,1-3H3,(H,15,16). The van der Waals surface area contributed by atoms with E-state index in [-0.39, 0.29) is 12.2 Å². The third-order valence-electron chi connectivity index (χ3n) is 2.55. The summed E-state index contributed by atoms with van der Waals surface area (Å²) in [6.45, 7) is 5.12. The molecule has 4 heteroatoms. The minimum Gasteiger partial charge on any atom is -0.481 e. The molecule has 88 valence electrons. The summed E-state index contributed by atoms with van der Waals surface area (Å²) >= 11 is 3.27. The molecule has 0 aliphatic heterocycles. The molecule has 0 bridgehead atoms. The van der Waals surface area contributed by atoms with Crippen molar-refractivity contribution in [1.29, 1.82) is 0 Å². The van der Waals surface area contributed by atoms with Crippen molar-refractivity contribution >= 4 is 21.9 Å². The number of carbonyl (C=O) groups is 1. The zero-order valence-corrected chi connectivity index (χ0v) is 11.1. The van der Waals surface area contributed by atoms with E-state index in [0.717, 1.165) is 0 Å². The number of hydrogen-bond donors (Lipinski definition) is 1. The van der Waals surface area contributed by atoms with E-state index >= 15 is 0 Å². The van der Waals surface area contributed by atoms with Gasteiger partial charge in [-0.3, -0.25) is 4.79 Å². The summed E-state index contributed by atoms with van der Waals surface area (Å²) in [4.78, 5) is 10.8. The highest BCUT2D eigenvalue weighted by atomic mass is 79.9. The van der Waals surface area contributed by atoms with Crippen molar-refractivity contribution in [2.24, 2.45) is 0 Å². The number of aryl methyl sites for hydroxylation is 1. The fourth-order valence-corrected chi connectivity index (χ4v) is 2.59. The maximum atomic E-state index is 14.0. The maximum absolute atomic E-state index is 14.0.